The number of benzene rings is 2. The zero-order valence-electron chi connectivity index (χ0n) is 18.4. The molecule has 0 radical (unpaired) electrons. The molecule has 1 aromatic heterocycles. The lowest BCUT2D eigenvalue weighted by Gasteiger charge is -2.26. The summed E-state index contributed by atoms with van der Waals surface area (Å²) in [5.41, 5.74) is 1.34. The monoisotopic (exact) mass is 497 g/mol. The summed E-state index contributed by atoms with van der Waals surface area (Å²) in [4.78, 5) is 20.9. The van der Waals surface area contributed by atoms with Crippen molar-refractivity contribution in [3.63, 3.8) is 0 Å². The number of halogens is 1. The first-order chi connectivity index (χ1) is 16.5. The number of thiazole rings is 1. The number of aromatic nitrogens is 1. The van der Waals surface area contributed by atoms with Gasteiger partial charge in [-0.3, -0.25) is 9.69 Å². The molecule has 6 rings (SSSR count). The third-order valence-corrected chi connectivity index (χ3v) is 8.18. The summed E-state index contributed by atoms with van der Waals surface area (Å²) >= 11 is 7.89. The van der Waals surface area contributed by atoms with Crippen LogP contribution in [0.3, 0.4) is 0 Å². The number of hydrogen-bond acceptors (Lipinski definition) is 7. The van der Waals surface area contributed by atoms with E-state index >= 15 is 0 Å². The van der Waals surface area contributed by atoms with Crippen LogP contribution in [0.1, 0.15) is 41.3 Å². The molecule has 34 heavy (non-hydrogen) atoms. The molecule has 1 saturated carbocycles. The van der Waals surface area contributed by atoms with Gasteiger partial charge in [-0.2, -0.15) is 0 Å². The van der Waals surface area contributed by atoms with Crippen molar-refractivity contribution in [3.05, 3.63) is 69.7 Å². The number of ether oxygens (including phenoxy) is 2. The van der Waals surface area contributed by atoms with E-state index in [4.69, 9.17) is 21.1 Å². The highest BCUT2D eigenvalue weighted by Crippen LogP contribution is 2.51. The number of anilines is 1. The molecule has 2 atom stereocenters. The molecular weight excluding hydrogens is 474 g/mol. The zero-order chi connectivity index (χ0) is 23.3. The SMILES string of the molecule is O=C(Nc1ncc(CN2CCC(O)C2c2ccccc2Cl)s1)C1(c2ccc3c(c2)OCO3)CC1. The number of aliphatic hydroxyl groups is 1. The fraction of sp³-hybridized carbons (Fsp3) is 0.360. The van der Waals surface area contributed by atoms with Gasteiger partial charge in [-0.25, -0.2) is 4.98 Å². The lowest BCUT2D eigenvalue weighted by Crippen LogP contribution is -2.27. The van der Waals surface area contributed by atoms with Crippen molar-refractivity contribution in [3.8, 4) is 11.5 Å². The van der Waals surface area contributed by atoms with Gasteiger partial charge in [0.25, 0.3) is 0 Å². The molecule has 2 aliphatic heterocycles. The Morgan fingerprint density at radius 1 is 1.24 bits per heavy atom. The van der Waals surface area contributed by atoms with E-state index in [2.05, 4.69) is 15.2 Å². The van der Waals surface area contributed by atoms with Crippen LogP contribution in [0.15, 0.2) is 48.7 Å². The predicted octanol–water partition coefficient (Wildman–Crippen LogP) is 4.50. The van der Waals surface area contributed by atoms with E-state index in [1.165, 1.54) is 11.3 Å². The van der Waals surface area contributed by atoms with Gasteiger partial charge in [0.05, 0.1) is 17.6 Å². The normalized spacial score (nSPS) is 22.6. The van der Waals surface area contributed by atoms with Gasteiger partial charge in [-0.1, -0.05) is 35.9 Å². The Labute approximate surface area is 206 Å². The molecule has 176 valence electrons. The Balaban J connectivity index is 1.15. The lowest BCUT2D eigenvalue weighted by molar-refractivity contribution is -0.118. The molecule has 3 aliphatic rings. The number of nitrogens with zero attached hydrogens (tertiary/aromatic N) is 2. The Kier molecular flexibility index (Phi) is 5.49. The van der Waals surface area contributed by atoms with Crippen LogP contribution in [0.4, 0.5) is 5.13 Å². The minimum absolute atomic E-state index is 0.0437. The van der Waals surface area contributed by atoms with Crippen molar-refractivity contribution < 1.29 is 19.4 Å². The number of likely N-dealkylation sites (tertiary alicyclic amines) is 1. The first-order valence-corrected chi connectivity index (χ1v) is 12.6. The van der Waals surface area contributed by atoms with Gasteiger partial charge < -0.3 is 19.9 Å². The third kappa shape index (κ3) is 3.84. The van der Waals surface area contributed by atoms with Crippen LogP contribution < -0.4 is 14.8 Å². The van der Waals surface area contributed by atoms with Gasteiger partial charge in [0.1, 0.15) is 0 Å². The molecule has 9 heteroatoms. The second kappa shape index (κ2) is 8.53. The van der Waals surface area contributed by atoms with Crippen LogP contribution in [-0.4, -0.2) is 40.3 Å². The largest absolute Gasteiger partial charge is 0.454 e. The summed E-state index contributed by atoms with van der Waals surface area (Å²) in [7, 11) is 0. The Hall–Kier alpha value is -2.65. The van der Waals surface area contributed by atoms with E-state index in [0.717, 1.165) is 35.4 Å². The molecule has 1 saturated heterocycles. The van der Waals surface area contributed by atoms with Gasteiger partial charge in [0.15, 0.2) is 16.6 Å². The highest BCUT2D eigenvalue weighted by atomic mass is 35.5. The topological polar surface area (TPSA) is 83.9 Å². The van der Waals surface area contributed by atoms with Crippen LogP contribution in [0.25, 0.3) is 0 Å². The Morgan fingerprint density at radius 2 is 2.06 bits per heavy atom. The molecule has 2 unspecified atom stereocenters. The zero-order valence-corrected chi connectivity index (χ0v) is 19.9. The number of aliphatic hydroxyl groups excluding tert-OH is 1. The maximum Gasteiger partial charge on any atom is 0.236 e. The molecule has 0 spiro atoms. The summed E-state index contributed by atoms with van der Waals surface area (Å²) in [5, 5.41) is 14.9. The predicted molar refractivity (Wildman–Crippen MR) is 129 cm³/mol. The minimum Gasteiger partial charge on any atom is -0.454 e. The maximum atomic E-state index is 13.2. The summed E-state index contributed by atoms with van der Waals surface area (Å²) < 4.78 is 10.9. The average Bonchev–Trinajstić information content (AvgIpc) is 3.12. The quantitative estimate of drug-likeness (QED) is 0.521. The molecule has 1 aliphatic carbocycles. The van der Waals surface area contributed by atoms with Gasteiger partial charge >= 0.3 is 0 Å². The lowest BCUT2D eigenvalue weighted by atomic mass is 9.94. The van der Waals surface area contributed by atoms with Crippen LogP contribution in [0.2, 0.25) is 5.02 Å². The molecule has 2 aromatic carbocycles. The van der Waals surface area contributed by atoms with Crippen LogP contribution in [0.5, 0.6) is 11.5 Å². The summed E-state index contributed by atoms with van der Waals surface area (Å²) in [6.07, 6.45) is 3.61. The van der Waals surface area contributed by atoms with E-state index in [1.807, 2.05) is 42.5 Å². The summed E-state index contributed by atoms with van der Waals surface area (Å²) in [6.45, 7) is 1.61. The van der Waals surface area contributed by atoms with E-state index in [-0.39, 0.29) is 18.7 Å². The average molecular weight is 498 g/mol. The van der Waals surface area contributed by atoms with Crippen molar-refractivity contribution >= 4 is 34.0 Å². The Bertz CT molecular complexity index is 1240. The second-order valence-electron chi connectivity index (χ2n) is 9.03. The highest BCUT2D eigenvalue weighted by Gasteiger charge is 2.52. The number of carbonyl (C=O) groups excluding carboxylic acids is 1. The first-order valence-electron chi connectivity index (χ1n) is 11.4. The molecule has 2 N–H and O–H groups in total. The fourth-order valence-corrected chi connectivity index (χ4v) is 6.04. The Morgan fingerprint density at radius 3 is 2.88 bits per heavy atom. The van der Waals surface area contributed by atoms with E-state index in [0.29, 0.717) is 34.6 Å². The number of nitrogens with one attached hydrogen (secondary N) is 1. The van der Waals surface area contributed by atoms with Gasteiger partial charge in [0, 0.05) is 29.2 Å². The minimum atomic E-state index is -0.541. The number of amides is 1. The van der Waals surface area contributed by atoms with Crippen molar-refractivity contribution in [1.29, 1.82) is 0 Å². The van der Waals surface area contributed by atoms with E-state index in [9.17, 15) is 9.90 Å². The van der Waals surface area contributed by atoms with Gasteiger partial charge in [-0.05, 0) is 48.6 Å². The van der Waals surface area contributed by atoms with Crippen molar-refractivity contribution in [2.45, 2.75) is 43.4 Å². The summed E-state index contributed by atoms with van der Waals surface area (Å²) in [6, 6.07) is 13.2. The van der Waals surface area contributed by atoms with Crippen molar-refractivity contribution in [2.24, 2.45) is 0 Å². The van der Waals surface area contributed by atoms with E-state index < -0.39 is 11.5 Å². The molecule has 2 fully saturated rings. The first kappa shape index (κ1) is 21.9. The molecular formula is C25H24ClN3O4S. The number of rotatable bonds is 6. The fourth-order valence-electron chi connectivity index (χ4n) is 4.96. The summed E-state index contributed by atoms with van der Waals surface area (Å²) in [5.74, 6) is 1.36. The number of carbonyl (C=O) groups is 1. The van der Waals surface area contributed by atoms with Crippen LogP contribution >= 0.6 is 22.9 Å². The maximum absolute atomic E-state index is 13.2. The second-order valence-corrected chi connectivity index (χ2v) is 10.6. The molecule has 0 bridgehead atoms. The number of fused-ring (bicyclic) bond motifs is 1. The standard InChI is InChI=1S/C25H24ClN3O4S/c26-18-4-2-1-3-17(18)22-19(30)7-10-29(22)13-16-12-27-24(34-16)28-23(31)25(8-9-25)15-5-6-20-21(11-15)33-14-32-20/h1-6,11-12,19,22,30H,7-10,13-14H2,(H,27,28,31). The van der Waals surface area contributed by atoms with Crippen LogP contribution in [0, 0.1) is 0 Å². The van der Waals surface area contributed by atoms with Crippen LogP contribution in [-0.2, 0) is 16.8 Å². The number of hydrogen-bond donors (Lipinski definition) is 2. The van der Waals surface area contributed by atoms with Gasteiger partial charge in [0.2, 0.25) is 12.7 Å². The highest BCUT2D eigenvalue weighted by molar-refractivity contribution is 7.15. The molecule has 7 nitrogen and oxygen atoms in total. The van der Waals surface area contributed by atoms with Crippen molar-refractivity contribution in [2.75, 3.05) is 18.7 Å². The smallest absolute Gasteiger partial charge is 0.236 e. The molecule has 3 heterocycles. The van der Waals surface area contributed by atoms with Gasteiger partial charge in [-0.15, -0.1) is 11.3 Å². The molecule has 1 amide bonds. The van der Waals surface area contributed by atoms with Crippen molar-refractivity contribution in [1.82, 2.24) is 9.88 Å². The molecule has 3 aromatic rings. The van der Waals surface area contributed by atoms with E-state index in [1.54, 1.807) is 6.20 Å². The third-order valence-electron chi connectivity index (χ3n) is 6.94.